The first-order chi connectivity index (χ1) is 11.1. The Morgan fingerprint density at radius 1 is 1.17 bits per heavy atom. The maximum Gasteiger partial charge on any atom is 0.264 e. The van der Waals surface area contributed by atoms with Crippen LogP contribution in [0.5, 0.6) is 0 Å². The Kier molecular flexibility index (Phi) is 5.13. The predicted molar refractivity (Wildman–Crippen MR) is 92.3 cm³/mol. The second-order valence-electron chi connectivity index (χ2n) is 6.21. The van der Waals surface area contributed by atoms with Crippen LogP contribution in [0.1, 0.15) is 42.4 Å². The smallest absolute Gasteiger partial charge is 0.264 e. The van der Waals surface area contributed by atoms with Gasteiger partial charge in [-0.05, 0) is 46.8 Å². The third-order valence-corrected chi connectivity index (χ3v) is 5.27. The van der Waals surface area contributed by atoms with E-state index in [2.05, 4.69) is 9.82 Å². The molecule has 1 aromatic carbocycles. The summed E-state index contributed by atoms with van der Waals surface area (Å²) in [6.45, 7) is 9.59. The minimum atomic E-state index is -3.86. The molecule has 0 aliphatic rings. The lowest BCUT2D eigenvalue weighted by Crippen LogP contribution is -2.32. The fraction of sp³-hybridized carbons (Fsp3) is 0.412. The van der Waals surface area contributed by atoms with Gasteiger partial charge in [-0.3, -0.25) is 9.48 Å². The van der Waals surface area contributed by atoms with Crippen molar-refractivity contribution in [3.05, 3.63) is 46.8 Å². The highest BCUT2D eigenvalue weighted by atomic mass is 32.2. The number of carbonyl (C=O) groups excluding carboxylic acids is 1. The molecule has 0 bridgehead atoms. The van der Waals surface area contributed by atoms with E-state index in [0.29, 0.717) is 0 Å². The molecule has 1 N–H and O–H groups in total. The van der Waals surface area contributed by atoms with Gasteiger partial charge in [-0.15, -0.1) is 0 Å². The Hall–Kier alpha value is -2.15. The zero-order valence-corrected chi connectivity index (χ0v) is 15.4. The number of carbonyl (C=O) groups is 1. The number of aryl methyl sites for hydroxylation is 2. The van der Waals surface area contributed by atoms with Gasteiger partial charge in [0.2, 0.25) is 5.91 Å². The number of nitrogens with one attached hydrogen (secondary N) is 1. The zero-order chi connectivity index (χ0) is 18.1. The Morgan fingerprint density at radius 2 is 1.75 bits per heavy atom. The van der Waals surface area contributed by atoms with Gasteiger partial charge in [-0.1, -0.05) is 17.7 Å². The normalized spacial score (nSPS) is 11.8. The number of rotatable bonds is 5. The number of aromatic nitrogens is 2. The molecular weight excluding hydrogens is 326 g/mol. The average Bonchev–Trinajstić information content (AvgIpc) is 2.75. The maximum absolute atomic E-state index is 12.3. The van der Waals surface area contributed by atoms with Crippen molar-refractivity contribution >= 4 is 15.9 Å². The molecule has 0 saturated carbocycles. The minimum absolute atomic E-state index is 0.0184. The maximum atomic E-state index is 12.3. The SMILES string of the molecule is Cc1ccc(S(=O)(=O)NC(=O)Cc2c(C)nn(C(C)C)c2C)cc1. The van der Waals surface area contributed by atoms with Gasteiger partial charge >= 0.3 is 0 Å². The Bertz CT molecular complexity index is 850. The van der Waals surface area contributed by atoms with Crippen molar-refractivity contribution in [1.29, 1.82) is 0 Å². The van der Waals surface area contributed by atoms with Crippen molar-refractivity contribution < 1.29 is 13.2 Å². The Labute approximate surface area is 142 Å². The summed E-state index contributed by atoms with van der Waals surface area (Å²) in [6.07, 6.45) is -0.0184. The second-order valence-corrected chi connectivity index (χ2v) is 7.89. The fourth-order valence-electron chi connectivity index (χ4n) is 2.58. The van der Waals surface area contributed by atoms with E-state index >= 15 is 0 Å². The minimum Gasteiger partial charge on any atom is -0.274 e. The van der Waals surface area contributed by atoms with Gasteiger partial charge in [0.25, 0.3) is 10.0 Å². The monoisotopic (exact) mass is 349 g/mol. The third-order valence-electron chi connectivity index (χ3n) is 3.88. The summed E-state index contributed by atoms with van der Waals surface area (Å²) in [4.78, 5) is 12.3. The van der Waals surface area contributed by atoms with Crippen LogP contribution in [0.4, 0.5) is 0 Å². The summed E-state index contributed by atoms with van der Waals surface area (Å²) in [5.41, 5.74) is 3.34. The van der Waals surface area contributed by atoms with Gasteiger partial charge in [0, 0.05) is 17.3 Å². The van der Waals surface area contributed by atoms with Crippen molar-refractivity contribution in [2.75, 3.05) is 0 Å². The number of amides is 1. The lowest BCUT2D eigenvalue weighted by Gasteiger charge is -2.09. The van der Waals surface area contributed by atoms with Crippen molar-refractivity contribution in [2.24, 2.45) is 0 Å². The molecule has 0 aliphatic carbocycles. The standard InChI is InChI=1S/C17H23N3O3S/c1-11(2)20-14(5)16(13(4)18-20)10-17(21)19-24(22,23)15-8-6-12(3)7-9-15/h6-9,11H,10H2,1-5H3,(H,19,21). The molecule has 2 aromatic rings. The zero-order valence-electron chi connectivity index (χ0n) is 14.6. The number of hydrogen-bond donors (Lipinski definition) is 1. The quantitative estimate of drug-likeness (QED) is 0.899. The molecule has 0 atom stereocenters. The molecule has 0 radical (unpaired) electrons. The van der Waals surface area contributed by atoms with Crippen LogP contribution < -0.4 is 4.72 Å². The van der Waals surface area contributed by atoms with E-state index in [-0.39, 0.29) is 17.4 Å². The fourth-order valence-corrected chi connectivity index (χ4v) is 3.56. The average molecular weight is 349 g/mol. The van der Waals surface area contributed by atoms with E-state index in [1.165, 1.54) is 12.1 Å². The summed E-state index contributed by atoms with van der Waals surface area (Å²) in [7, 11) is -3.86. The van der Waals surface area contributed by atoms with Crippen LogP contribution in [0.25, 0.3) is 0 Å². The highest BCUT2D eigenvalue weighted by Crippen LogP contribution is 2.18. The van der Waals surface area contributed by atoms with Gasteiger partial charge in [0.05, 0.1) is 17.0 Å². The first-order valence-corrected chi connectivity index (χ1v) is 9.27. The molecule has 6 nitrogen and oxygen atoms in total. The number of benzene rings is 1. The molecule has 0 unspecified atom stereocenters. The van der Waals surface area contributed by atoms with Crippen molar-refractivity contribution in [3.8, 4) is 0 Å². The molecule has 24 heavy (non-hydrogen) atoms. The Morgan fingerprint density at radius 3 is 2.25 bits per heavy atom. The molecule has 2 rings (SSSR count). The van der Waals surface area contributed by atoms with E-state index < -0.39 is 15.9 Å². The van der Waals surface area contributed by atoms with Crippen LogP contribution in [0.3, 0.4) is 0 Å². The molecule has 130 valence electrons. The molecule has 1 aromatic heterocycles. The Balaban J connectivity index is 2.18. The van der Waals surface area contributed by atoms with Crippen molar-refractivity contribution in [2.45, 2.75) is 52.0 Å². The third kappa shape index (κ3) is 3.84. The highest BCUT2D eigenvalue weighted by Gasteiger charge is 2.21. The van der Waals surface area contributed by atoms with E-state index in [1.807, 2.05) is 39.3 Å². The van der Waals surface area contributed by atoms with Gasteiger partial charge in [-0.2, -0.15) is 5.10 Å². The molecule has 0 saturated heterocycles. The van der Waals surface area contributed by atoms with Crippen LogP contribution in [-0.2, 0) is 21.2 Å². The van der Waals surface area contributed by atoms with E-state index in [9.17, 15) is 13.2 Å². The van der Waals surface area contributed by atoms with Gasteiger partial charge in [0.15, 0.2) is 0 Å². The summed E-state index contributed by atoms with van der Waals surface area (Å²) in [5.74, 6) is -0.565. The number of sulfonamides is 1. The first-order valence-electron chi connectivity index (χ1n) is 7.78. The molecule has 1 heterocycles. The van der Waals surface area contributed by atoms with Crippen LogP contribution in [0.2, 0.25) is 0 Å². The topological polar surface area (TPSA) is 81.1 Å². The molecule has 0 aliphatic heterocycles. The first kappa shape index (κ1) is 18.2. The summed E-state index contributed by atoms with van der Waals surface area (Å²) in [5, 5.41) is 4.41. The molecule has 7 heteroatoms. The van der Waals surface area contributed by atoms with Crippen LogP contribution in [0, 0.1) is 20.8 Å². The van der Waals surface area contributed by atoms with Crippen LogP contribution in [-0.4, -0.2) is 24.1 Å². The van der Waals surface area contributed by atoms with E-state index in [1.54, 1.807) is 12.1 Å². The molecule has 1 amide bonds. The van der Waals surface area contributed by atoms with Crippen LogP contribution in [0.15, 0.2) is 29.2 Å². The number of hydrogen-bond acceptors (Lipinski definition) is 4. The van der Waals surface area contributed by atoms with Gasteiger partial charge in [-0.25, -0.2) is 13.1 Å². The summed E-state index contributed by atoms with van der Waals surface area (Å²) < 4.78 is 28.5. The summed E-state index contributed by atoms with van der Waals surface area (Å²) >= 11 is 0. The second kappa shape index (κ2) is 6.76. The van der Waals surface area contributed by atoms with Crippen molar-refractivity contribution in [3.63, 3.8) is 0 Å². The molecule has 0 fully saturated rings. The highest BCUT2D eigenvalue weighted by molar-refractivity contribution is 7.90. The van der Waals surface area contributed by atoms with E-state index in [0.717, 1.165) is 22.5 Å². The van der Waals surface area contributed by atoms with E-state index in [4.69, 9.17) is 0 Å². The van der Waals surface area contributed by atoms with Crippen LogP contribution >= 0.6 is 0 Å². The van der Waals surface area contributed by atoms with Gasteiger partial charge < -0.3 is 0 Å². The largest absolute Gasteiger partial charge is 0.274 e. The molecular formula is C17H23N3O3S. The molecule has 0 spiro atoms. The predicted octanol–water partition coefficient (Wildman–Crippen LogP) is 2.44. The van der Waals surface area contributed by atoms with Gasteiger partial charge in [0.1, 0.15) is 0 Å². The lowest BCUT2D eigenvalue weighted by atomic mass is 10.1. The van der Waals surface area contributed by atoms with Crippen molar-refractivity contribution in [1.82, 2.24) is 14.5 Å². The summed E-state index contributed by atoms with van der Waals surface area (Å²) in [6, 6.07) is 6.54. The lowest BCUT2D eigenvalue weighted by molar-refractivity contribution is -0.118. The number of nitrogens with zero attached hydrogens (tertiary/aromatic N) is 2.